The molecule has 5 nitrogen and oxygen atoms in total. The average Bonchev–Trinajstić information content (AvgIpc) is 2.81. The van der Waals surface area contributed by atoms with Gasteiger partial charge in [0, 0.05) is 11.8 Å². The molecule has 0 saturated heterocycles. The first-order valence-electron chi connectivity index (χ1n) is 5.73. The number of rotatable bonds is 3. The van der Waals surface area contributed by atoms with Crippen molar-refractivity contribution in [3.63, 3.8) is 0 Å². The Balaban J connectivity index is 2.59. The van der Waals surface area contributed by atoms with E-state index in [9.17, 15) is 14.3 Å². The van der Waals surface area contributed by atoms with Gasteiger partial charge in [0.2, 0.25) is 0 Å². The second kappa shape index (κ2) is 4.81. The standard InChI is InChI=1S/C13H14FN3O2/c1-7-3-12(10(8(2)18)4-11(7)14)17-6-9(5-16-17)13(15)19/h3-6,8,18H,1-2H3,(H2,15,19). The van der Waals surface area contributed by atoms with Gasteiger partial charge in [-0.25, -0.2) is 9.07 Å². The van der Waals surface area contributed by atoms with Crippen molar-refractivity contribution in [3.05, 3.63) is 47.0 Å². The van der Waals surface area contributed by atoms with Gasteiger partial charge in [0.1, 0.15) is 5.82 Å². The van der Waals surface area contributed by atoms with Gasteiger partial charge < -0.3 is 10.8 Å². The maximum absolute atomic E-state index is 13.6. The summed E-state index contributed by atoms with van der Waals surface area (Å²) < 4.78 is 15.0. The van der Waals surface area contributed by atoms with Crippen molar-refractivity contribution in [2.45, 2.75) is 20.0 Å². The van der Waals surface area contributed by atoms with Crippen LogP contribution in [0.5, 0.6) is 0 Å². The first kappa shape index (κ1) is 13.2. The van der Waals surface area contributed by atoms with E-state index in [2.05, 4.69) is 5.10 Å². The molecule has 2 aromatic rings. The maximum Gasteiger partial charge on any atom is 0.251 e. The first-order chi connectivity index (χ1) is 8.90. The molecule has 1 heterocycles. The summed E-state index contributed by atoms with van der Waals surface area (Å²) in [4.78, 5) is 11.0. The smallest absolute Gasteiger partial charge is 0.251 e. The molecule has 1 amide bonds. The number of halogens is 1. The van der Waals surface area contributed by atoms with Crippen LogP contribution in [-0.4, -0.2) is 20.8 Å². The van der Waals surface area contributed by atoms with Gasteiger partial charge in [-0.1, -0.05) is 0 Å². The predicted octanol–water partition coefficient (Wildman–Crippen LogP) is 1.47. The fourth-order valence-corrected chi connectivity index (χ4v) is 1.80. The van der Waals surface area contributed by atoms with Gasteiger partial charge >= 0.3 is 0 Å². The number of hydrogen-bond acceptors (Lipinski definition) is 3. The summed E-state index contributed by atoms with van der Waals surface area (Å²) in [6.07, 6.45) is 1.92. The molecule has 0 radical (unpaired) electrons. The van der Waals surface area contributed by atoms with Gasteiger partial charge in [-0.05, 0) is 31.5 Å². The number of aliphatic hydroxyl groups excluding tert-OH is 1. The zero-order chi connectivity index (χ0) is 14.2. The van der Waals surface area contributed by atoms with Gasteiger partial charge in [0.05, 0.1) is 23.6 Å². The van der Waals surface area contributed by atoms with E-state index in [0.29, 0.717) is 16.8 Å². The number of nitrogens with zero attached hydrogens (tertiary/aromatic N) is 2. The van der Waals surface area contributed by atoms with Gasteiger partial charge in [-0.15, -0.1) is 0 Å². The third-order valence-electron chi connectivity index (χ3n) is 2.87. The van der Waals surface area contributed by atoms with E-state index >= 15 is 0 Å². The summed E-state index contributed by atoms with van der Waals surface area (Å²) in [7, 11) is 0. The Bertz CT molecular complexity index is 635. The van der Waals surface area contributed by atoms with E-state index in [1.54, 1.807) is 13.0 Å². The zero-order valence-electron chi connectivity index (χ0n) is 10.6. The number of nitrogens with two attached hydrogens (primary N) is 1. The molecule has 0 fully saturated rings. The van der Waals surface area contributed by atoms with Crippen LogP contribution < -0.4 is 5.73 Å². The monoisotopic (exact) mass is 263 g/mol. The van der Waals surface area contributed by atoms with Crippen LogP contribution in [0, 0.1) is 12.7 Å². The molecule has 100 valence electrons. The Hall–Kier alpha value is -2.21. The predicted molar refractivity (Wildman–Crippen MR) is 67.4 cm³/mol. The van der Waals surface area contributed by atoms with Crippen molar-refractivity contribution in [2.75, 3.05) is 0 Å². The van der Waals surface area contributed by atoms with Crippen molar-refractivity contribution in [1.82, 2.24) is 9.78 Å². The molecule has 0 aliphatic rings. The molecule has 0 saturated carbocycles. The molecule has 1 aromatic heterocycles. The number of benzene rings is 1. The molecule has 1 atom stereocenters. The summed E-state index contributed by atoms with van der Waals surface area (Å²) in [6.45, 7) is 3.15. The van der Waals surface area contributed by atoms with Crippen LogP contribution in [0.3, 0.4) is 0 Å². The average molecular weight is 263 g/mol. The van der Waals surface area contributed by atoms with Crippen LogP contribution in [0.25, 0.3) is 5.69 Å². The van der Waals surface area contributed by atoms with Gasteiger partial charge in [0.15, 0.2) is 0 Å². The number of carbonyl (C=O) groups excluding carboxylic acids is 1. The summed E-state index contributed by atoms with van der Waals surface area (Å²) >= 11 is 0. The highest BCUT2D eigenvalue weighted by Crippen LogP contribution is 2.24. The first-order valence-corrected chi connectivity index (χ1v) is 5.73. The van der Waals surface area contributed by atoms with E-state index < -0.39 is 17.8 Å². The molecule has 1 aromatic carbocycles. The van der Waals surface area contributed by atoms with Crippen molar-refractivity contribution in [3.8, 4) is 5.69 Å². The van der Waals surface area contributed by atoms with Crippen LogP contribution in [0.4, 0.5) is 4.39 Å². The van der Waals surface area contributed by atoms with Crippen molar-refractivity contribution >= 4 is 5.91 Å². The van der Waals surface area contributed by atoms with Crippen LogP contribution >= 0.6 is 0 Å². The topological polar surface area (TPSA) is 81.1 Å². The molecule has 0 spiro atoms. The van der Waals surface area contributed by atoms with E-state index in [1.807, 2.05) is 0 Å². The van der Waals surface area contributed by atoms with Crippen LogP contribution in [0.1, 0.15) is 34.5 Å². The molecular formula is C13H14FN3O2. The van der Waals surface area contributed by atoms with Gasteiger partial charge in [0.25, 0.3) is 5.91 Å². The summed E-state index contributed by atoms with van der Waals surface area (Å²) in [5.41, 5.74) is 6.74. The summed E-state index contributed by atoms with van der Waals surface area (Å²) in [5, 5.41) is 13.7. The highest BCUT2D eigenvalue weighted by atomic mass is 19.1. The molecule has 2 rings (SSSR count). The Kier molecular flexibility index (Phi) is 3.35. The zero-order valence-corrected chi connectivity index (χ0v) is 10.6. The highest BCUT2D eigenvalue weighted by molar-refractivity contribution is 5.92. The van der Waals surface area contributed by atoms with E-state index in [0.717, 1.165) is 0 Å². The van der Waals surface area contributed by atoms with Crippen molar-refractivity contribution < 1.29 is 14.3 Å². The fraction of sp³-hybridized carbons (Fsp3) is 0.231. The number of primary amides is 1. The lowest BCUT2D eigenvalue weighted by Crippen LogP contribution is -2.10. The normalized spacial score (nSPS) is 12.4. The van der Waals surface area contributed by atoms with Crippen molar-refractivity contribution in [1.29, 1.82) is 0 Å². The lowest BCUT2D eigenvalue weighted by atomic mass is 10.0. The molecule has 6 heteroatoms. The molecule has 1 unspecified atom stereocenters. The molecule has 0 aliphatic carbocycles. The largest absolute Gasteiger partial charge is 0.389 e. The maximum atomic E-state index is 13.6. The molecule has 19 heavy (non-hydrogen) atoms. The minimum Gasteiger partial charge on any atom is -0.389 e. The number of hydrogen-bond donors (Lipinski definition) is 2. The van der Waals surface area contributed by atoms with Crippen LogP contribution in [-0.2, 0) is 0 Å². The number of aliphatic hydroxyl groups is 1. The number of amides is 1. The number of carbonyl (C=O) groups is 1. The third-order valence-corrected chi connectivity index (χ3v) is 2.87. The third kappa shape index (κ3) is 2.48. The molecular weight excluding hydrogens is 249 g/mol. The fourth-order valence-electron chi connectivity index (χ4n) is 1.80. The second-order valence-corrected chi connectivity index (χ2v) is 4.37. The Labute approximate surface area is 109 Å². The quantitative estimate of drug-likeness (QED) is 0.879. The Morgan fingerprint density at radius 3 is 2.74 bits per heavy atom. The molecule has 0 bridgehead atoms. The molecule has 0 aliphatic heterocycles. The molecule has 3 N–H and O–H groups in total. The van der Waals surface area contributed by atoms with Crippen molar-refractivity contribution in [2.24, 2.45) is 5.73 Å². The van der Waals surface area contributed by atoms with Crippen LogP contribution in [0.2, 0.25) is 0 Å². The van der Waals surface area contributed by atoms with E-state index in [4.69, 9.17) is 5.73 Å². The lowest BCUT2D eigenvalue weighted by Gasteiger charge is -2.13. The number of aryl methyl sites for hydroxylation is 1. The minimum atomic E-state index is -0.855. The van der Waals surface area contributed by atoms with E-state index in [1.165, 1.54) is 30.1 Å². The van der Waals surface area contributed by atoms with Crippen LogP contribution in [0.15, 0.2) is 24.5 Å². The second-order valence-electron chi connectivity index (χ2n) is 4.37. The Morgan fingerprint density at radius 1 is 1.53 bits per heavy atom. The minimum absolute atomic E-state index is 0.249. The summed E-state index contributed by atoms with van der Waals surface area (Å²) in [5.74, 6) is -0.995. The van der Waals surface area contributed by atoms with Gasteiger partial charge in [-0.3, -0.25) is 4.79 Å². The lowest BCUT2D eigenvalue weighted by molar-refractivity contribution is 0.100. The highest BCUT2D eigenvalue weighted by Gasteiger charge is 2.15. The van der Waals surface area contributed by atoms with Gasteiger partial charge in [-0.2, -0.15) is 5.10 Å². The SMILES string of the molecule is Cc1cc(-n2cc(C(N)=O)cn2)c(C(C)O)cc1F. The Morgan fingerprint density at radius 2 is 2.21 bits per heavy atom. The number of aromatic nitrogens is 2. The van der Waals surface area contributed by atoms with E-state index in [-0.39, 0.29) is 5.56 Å². The summed E-state index contributed by atoms with van der Waals surface area (Å²) in [6, 6.07) is 2.83.